The number of rotatable bonds is 5. The summed E-state index contributed by atoms with van der Waals surface area (Å²) in [6.07, 6.45) is 4.04. The number of hydrogen-bond donors (Lipinski definition) is 1. The lowest BCUT2D eigenvalue weighted by Crippen LogP contribution is -2.43. The SMILES string of the molecule is CCN(Cc1ccc(C)cc1Br)CC1CCCCN1. The molecule has 1 atom stereocenters. The molecule has 1 aliphatic rings. The monoisotopic (exact) mass is 324 g/mol. The van der Waals surface area contributed by atoms with Crippen LogP contribution in [0.1, 0.15) is 37.3 Å². The Kier molecular flexibility index (Phi) is 5.86. The van der Waals surface area contributed by atoms with Crippen LogP contribution < -0.4 is 5.32 Å². The highest BCUT2D eigenvalue weighted by Gasteiger charge is 2.16. The average Bonchev–Trinajstić information content (AvgIpc) is 2.42. The maximum atomic E-state index is 3.69. The van der Waals surface area contributed by atoms with E-state index >= 15 is 0 Å². The van der Waals surface area contributed by atoms with E-state index in [0.29, 0.717) is 6.04 Å². The zero-order chi connectivity index (χ0) is 13.7. The molecule has 1 aliphatic heterocycles. The summed E-state index contributed by atoms with van der Waals surface area (Å²) in [5, 5.41) is 3.64. The lowest BCUT2D eigenvalue weighted by molar-refractivity contribution is 0.226. The van der Waals surface area contributed by atoms with Gasteiger partial charge in [0.15, 0.2) is 0 Å². The Morgan fingerprint density at radius 3 is 2.84 bits per heavy atom. The summed E-state index contributed by atoms with van der Waals surface area (Å²) in [7, 11) is 0. The van der Waals surface area contributed by atoms with Crippen LogP contribution in [0.3, 0.4) is 0 Å². The molecule has 1 unspecified atom stereocenters. The van der Waals surface area contributed by atoms with Crippen molar-refractivity contribution in [1.82, 2.24) is 10.2 Å². The first-order valence-corrected chi connectivity index (χ1v) is 8.19. The van der Waals surface area contributed by atoms with Crippen LogP contribution in [0.25, 0.3) is 0 Å². The molecule has 1 heterocycles. The highest BCUT2D eigenvalue weighted by Crippen LogP contribution is 2.20. The van der Waals surface area contributed by atoms with E-state index in [0.717, 1.165) is 19.6 Å². The predicted molar refractivity (Wildman–Crippen MR) is 85.5 cm³/mol. The topological polar surface area (TPSA) is 15.3 Å². The van der Waals surface area contributed by atoms with Gasteiger partial charge in [0.2, 0.25) is 0 Å². The molecule has 1 N–H and O–H groups in total. The molecule has 0 saturated carbocycles. The van der Waals surface area contributed by atoms with Gasteiger partial charge in [-0.3, -0.25) is 4.90 Å². The number of hydrogen-bond acceptors (Lipinski definition) is 2. The van der Waals surface area contributed by atoms with Gasteiger partial charge in [0.05, 0.1) is 0 Å². The lowest BCUT2D eigenvalue weighted by Gasteiger charge is -2.30. The standard InChI is InChI=1S/C16H25BrN2/c1-3-19(12-15-6-4-5-9-18-15)11-14-8-7-13(2)10-16(14)17/h7-8,10,15,18H,3-6,9,11-12H2,1-2H3. The molecule has 0 bridgehead atoms. The van der Waals surface area contributed by atoms with E-state index in [4.69, 9.17) is 0 Å². The van der Waals surface area contributed by atoms with Gasteiger partial charge in [-0.25, -0.2) is 0 Å². The molecule has 0 aromatic heterocycles. The van der Waals surface area contributed by atoms with Crippen molar-refractivity contribution in [2.75, 3.05) is 19.6 Å². The van der Waals surface area contributed by atoms with Gasteiger partial charge in [-0.05, 0) is 50.0 Å². The Labute approximate surface area is 125 Å². The Balaban J connectivity index is 1.94. The maximum absolute atomic E-state index is 3.69. The maximum Gasteiger partial charge on any atom is 0.0245 e. The molecule has 1 fully saturated rings. The number of likely N-dealkylation sites (N-methyl/N-ethyl adjacent to an activating group) is 1. The summed E-state index contributed by atoms with van der Waals surface area (Å²) in [6, 6.07) is 7.34. The molecule has 2 rings (SSSR count). The quantitative estimate of drug-likeness (QED) is 0.888. The Bertz CT molecular complexity index is 400. The summed E-state index contributed by atoms with van der Waals surface area (Å²) in [5.74, 6) is 0. The summed E-state index contributed by atoms with van der Waals surface area (Å²) in [4.78, 5) is 2.54. The van der Waals surface area contributed by atoms with E-state index in [1.165, 1.54) is 41.4 Å². The van der Waals surface area contributed by atoms with Crippen LogP contribution in [-0.2, 0) is 6.54 Å². The van der Waals surface area contributed by atoms with Crippen molar-refractivity contribution in [3.05, 3.63) is 33.8 Å². The van der Waals surface area contributed by atoms with E-state index in [1.807, 2.05) is 0 Å². The van der Waals surface area contributed by atoms with Crippen LogP contribution in [-0.4, -0.2) is 30.6 Å². The molecule has 0 radical (unpaired) electrons. The summed E-state index contributed by atoms with van der Waals surface area (Å²) in [6.45, 7) is 8.89. The average molecular weight is 325 g/mol. The van der Waals surface area contributed by atoms with Crippen molar-refractivity contribution in [3.63, 3.8) is 0 Å². The third kappa shape index (κ3) is 4.59. The molecule has 1 saturated heterocycles. The Hall–Kier alpha value is -0.380. The van der Waals surface area contributed by atoms with Crippen LogP contribution >= 0.6 is 15.9 Å². The van der Waals surface area contributed by atoms with Crippen molar-refractivity contribution in [2.45, 2.75) is 45.7 Å². The van der Waals surface area contributed by atoms with Crippen molar-refractivity contribution < 1.29 is 0 Å². The fraction of sp³-hybridized carbons (Fsp3) is 0.625. The first-order chi connectivity index (χ1) is 9.19. The fourth-order valence-corrected chi connectivity index (χ4v) is 3.34. The van der Waals surface area contributed by atoms with Crippen molar-refractivity contribution >= 4 is 15.9 Å². The first kappa shape index (κ1) is 15.0. The molecule has 0 spiro atoms. The van der Waals surface area contributed by atoms with Gasteiger partial charge in [-0.1, -0.05) is 41.4 Å². The molecular weight excluding hydrogens is 300 g/mol. The van der Waals surface area contributed by atoms with E-state index in [1.54, 1.807) is 0 Å². The second kappa shape index (κ2) is 7.41. The summed E-state index contributed by atoms with van der Waals surface area (Å²) < 4.78 is 1.24. The normalized spacial score (nSPS) is 19.9. The molecular formula is C16H25BrN2. The lowest BCUT2D eigenvalue weighted by atomic mass is 10.0. The van der Waals surface area contributed by atoms with Crippen molar-refractivity contribution in [3.8, 4) is 0 Å². The molecule has 0 aliphatic carbocycles. The summed E-state index contributed by atoms with van der Waals surface area (Å²) in [5.41, 5.74) is 2.70. The van der Waals surface area contributed by atoms with Gasteiger partial charge in [0.1, 0.15) is 0 Å². The van der Waals surface area contributed by atoms with Gasteiger partial charge in [-0.2, -0.15) is 0 Å². The minimum atomic E-state index is 0.679. The number of aryl methyl sites for hydroxylation is 1. The van der Waals surface area contributed by atoms with Gasteiger partial charge in [-0.15, -0.1) is 0 Å². The van der Waals surface area contributed by atoms with Gasteiger partial charge in [0.25, 0.3) is 0 Å². The molecule has 19 heavy (non-hydrogen) atoms. The Morgan fingerprint density at radius 2 is 2.21 bits per heavy atom. The van der Waals surface area contributed by atoms with Crippen LogP contribution in [0.2, 0.25) is 0 Å². The molecule has 3 heteroatoms. The fourth-order valence-electron chi connectivity index (χ4n) is 2.72. The van der Waals surface area contributed by atoms with E-state index in [9.17, 15) is 0 Å². The van der Waals surface area contributed by atoms with Crippen LogP contribution in [0.4, 0.5) is 0 Å². The zero-order valence-electron chi connectivity index (χ0n) is 12.1. The second-order valence-electron chi connectivity index (χ2n) is 5.57. The second-order valence-corrected chi connectivity index (χ2v) is 6.42. The van der Waals surface area contributed by atoms with E-state index < -0.39 is 0 Å². The Morgan fingerprint density at radius 1 is 1.37 bits per heavy atom. The van der Waals surface area contributed by atoms with Gasteiger partial charge >= 0.3 is 0 Å². The number of halogens is 1. The van der Waals surface area contributed by atoms with Gasteiger partial charge < -0.3 is 5.32 Å². The highest BCUT2D eigenvalue weighted by atomic mass is 79.9. The van der Waals surface area contributed by atoms with Crippen LogP contribution in [0.5, 0.6) is 0 Å². The predicted octanol–water partition coefficient (Wildman–Crippen LogP) is 3.72. The minimum Gasteiger partial charge on any atom is -0.313 e. The largest absolute Gasteiger partial charge is 0.313 e. The zero-order valence-corrected chi connectivity index (χ0v) is 13.7. The van der Waals surface area contributed by atoms with Crippen molar-refractivity contribution in [1.29, 1.82) is 0 Å². The first-order valence-electron chi connectivity index (χ1n) is 7.40. The van der Waals surface area contributed by atoms with E-state index in [2.05, 4.69) is 58.2 Å². The number of piperidine rings is 1. The number of nitrogens with one attached hydrogen (secondary N) is 1. The van der Waals surface area contributed by atoms with Crippen LogP contribution in [0, 0.1) is 6.92 Å². The van der Waals surface area contributed by atoms with Gasteiger partial charge in [0, 0.05) is 23.6 Å². The molecule has 0 amide bonds. The van der Waals surface area contributed by atoms with Crippen LogP contribution in [0.15, 0.2) is 22.7 Å². The molecule has 1 aromatic rings. The number of nitrogens with zero attached hydrogens (tertiary/aromatic N) is 1. The minimum absolute atomic E-state index is 0.679. The third-order valence-corrected chi connectivity index (χ3v) is 4.68. The van der Waals surface area contributed by atoms with Crippen molar-refractivity contribution in [2.24, 2.45) is 0 Å². The molecule has 2 nitrogen and oxygen atoms in total. The third-order valence-electron chi connectivity index (χ3n) is 3.94. The van der Waals surface area contributed by atoms with E-state index in [-0.39, 0.29) is 0 Å². The highest BCUT2D eigenvalue weighted by molar-refractivity contribution is 9.10. The number of benzene rings is 1. The molecule has 1 aromatic carbocycles. The molecule has 106 valence electrons. The smallest absolute Gasteiger partial charge is 0.0245 e. The summed E-state index contributed by atoms with van der Waals surface area (Å²) >= 11 is 3.69.